The van der Waals surface area contributed by atoms with E-state index < -0.39 is 0 Å². The van der Waals surface area contributed by atoms with Gasteiger partial charge in [0.2, 0.25) is 5.13 Å². The van der Waals surface area contributed by atoms with Gasteiger partial charge in [-0.05, 0) is 35.8 Å². The van der Waals surface area contributed by atoms with Crippen molar-refractivity contribution in [3.8, 4) is 11.4 Å². The Morgan fingerprint density at radius 2 is 2.19 bits per heavy atom. The summed E-state index contributed by atoms with van der Waals surface area (Å²) in [6.45, 7) is 4.14. The number of rotatable bonds is 3. The third-order valence-corrected chi connectivity index (χ3v) is 2.88. The summed E-state index contributed by atoms with van der Waals surface area (Å²) in [6.07, 6.45) is 3.50. The van der Waals surface area contributed by atoms with Gasteiger partial charge in [-0.3, -0.25) is 4.98 Å². The number of pyridine rings is 1. The van der Waals surface area contributed by atoms with E-state index >= 15 is 0 Å². The standard InChI is InChI=1S/C10H11BrN4S/c1-6(2)13-10-14-9(15-16-10)7-3-8(11)5-12-4-7/h3-6H,1-2H3,(H,13,14,15). The molecule has 0 fully saturated rings. The predicted molar refractivity (Wildman–Crippen MR) is 69.6 cm³/mol. The molecule has 0 spiro atoms. The fourth-order valence-electron chi connectivity index (χ4n) is 1.18. The number of aromatic nitrogens is 3. The number of anilines is 1. The minimum absolute atomic E-state index is 0.362. The van der Waals surface area contributed by atoms with Gasteiger partial charge in [0, 0.05) is 40.0 Å². The smallest absolute Gasteiger partial charge is 0.203 e. The Bertz CT molecular complexity index is 483. The highest BCUT2D eigenvalue weighted by Crippen LogP contribution is 2.22. The van der Waals surface area contributed by atoms with Crippen LogP contribution in [0.5, 0.6) is 0 Å². The summed E-state index contributed by atoms with van der Waals surface area (Å²) >= 11 is 4.74. The maximum Gasteiger partial charge on any atom is 0.203 e. The Kier molecular flexibility index (Phi) is 3.50. The first-order valence-electron chi connectivity index (χ1n) is 4.86. The number of hydrogen-bond donors (Lipinski definition) is 1. The molecule has 0 aliphatic rings. The van der Waals surface area contributed by atoms with Crippen molar-refractivity contribution >= 4 is 32.6 Å². The van der Waals surface area contributed by atoms with Crippen molar-refractivity contribution in [1.29, 1.82) is 0 Å². The number of nitrogens with zero attached hydrogens (tertiary/aromatic N) is 3. The fraction of sp³-hybridized carbons (Fsp3) is 0.300. The normalized spacial score (nSPS) is 10.8. The molecule has 2 heterocycles. The lowest BCUT2D eigenvalue weighted by Crippen LogP contribution is -2.08. The Hall–Kier alpha value is -1.01. The van der Waals surface area contributed by atoms with E-state index in [-0.39, 0.29) is 0 Å². The summed E-state index contributed by atoms with van der Waals surface area (Å²) in [5.74, 6) is 0.710. The maximum absolute atomic E-state index is 4.40. The molecule has 2 aromatic heterocycles. The Morgan fingerprint density at radius 1 is 1.38 bits per heavy atom. The molecule has 0 saturated heterocycles. The quantitative estimate of drug-likeness (QED) is 0.945. The molecule has 0 aliphatic heterocycles. The molecule has 1 N–H and O–H groups in total. The second kappa shape index (κ2) is 4.88. The molecule has 0 unspecified atom stereocenters. The van der Waals surface area contributed by atoms with Gasteiger partial charge in [-0.1, -0.05) is 0 Å². The molecule has 0 aliphatic carbocycles. The third kappa shape index (κ3) is 2.76. The van der Waals surface area contributed by atoms with Crippen molar-refractivity contribution in [1.82, 2.24) is 14.3 Å². The molecule has 0 amide bonds. The van der Waals surface area contributed by atoms with Gasteiger partial charge in [-0.15, -0.1) is 0 Å². The van der Waals surface area contributed by atoms with Crippen molar-refractivity contribution in [2.45, 2.75) is 19.9 Å². The monoisotopic (exact) mass is 298 g/mol. The predicted octanol–water partition coefficient (Wildman–Crippen LogP) is 3.18. The van der Waals surface area contributed by atoms with Crippen molar-refractivity contribution in [3.63, 3.8) is 0 Å². The van der Waals surface area contributed by atoms with Crippen molar-refractivity contribution < 1.29 is 0 Å². The molecule has 0 atom stereocenters. The van der Waals surface area contributed by atoms with Crippen molar-refractivity contribution in [3.05, 3.63) is 22.9 Å². The first-order chi connectivity index (χ1) is 7.65. The molecular weight excluding hydrogens is 288 g/mol. The Labute approximate surface area is 106 Å². The molecule has 0 saturated carbocycles. The molecular formula is C10H11BrN4S. The summed E-state index contributed by atoms with van der Waals surface area (Å²) in [5, 5.41) is 4.06. The highest BCUT2D eigenvalue weighted by molar-refractivity contribution is 9.10. The third-order valence-electron chi connectivity index (χ3n) is 1.80. The zero-order valence-electron chi connectivity index (χ0n) is 8.94. The fourth-order valence-corrected chi connectivity index (χ4v) is 2.28. The van der Waals surface area contributed by atoms with Crippen LogP contribution < -0.4 is 5.32 Å². The van der Waals surface area contributed by atoms with E-state index in [4.69, 9.17) is 0 Å². The maximum atomic E-state index is 4.40. The van der Waals surface area contributed by atoms with Gasteiger partial charge < -0.3 is 5.32 Å². The SMILES string of the molecule is CC(C)Nc1nc(-c2cncc(Br)c2)ns1. The van der Waals surface area contributed by atoms with Crippen LogP contribution in [0.25, 0.3) is 11.4 Å². The van der Waals surface area contributed by atoms with Crippen LogP contribution >= 0.6 is 27.5 Å². The Balaban J connectivity index is 2.24. The van der Waals surface area contributed by atoms with Gasteiger partial charge in [-0.25, -0.2) is 0 Å². The molecule has 84 valence electrons. The first-order valence-corrected chi connectivity index (χ1v) is 6.43. The minimum Gasteiger partial charge on any atom is -0.358 e. The molecule has 2 aromatic rings. The topological polar surface area (TPSA) is 50.7 Å². The van der Waals surface area contributed by atoms with Crippen LogP contribution in [-0.2, 0) is 0 Å². The van der Waals surface area contributed by atoms with Crippen LogP contribution in [0.2, 0.25) is 0 Å². The lowest BCUT2D eigenvalue weighted by molar-refractivity contribution is 0.896. The highest BCUT2D eigenvalue weighted by atomic mass is 79.9. The van der Waals surface area contributed by atoms with E-state index in [0.29, 0.717) is 11.9 Å². The lowest BCUT2D eigenvalue weighted by Gasteiger charge is -2.03. The molecule has 6 heteroatoms. The van der Waals surface area contributed by atoms with Crippen LogP contribution in [0.1, 0.15) is 13.8 Å². The van der Waals surface area contributed by atoms with Gasteiger partial charge in [0.05, 0.1) is 0 Å². The molecule has 4 nitrogen and oxygen atoms in total. The largest absolute Gasteiger partial charge is 0.358 e. The van der Waals surface area contributed by atoms with E-state index in [1.54, 1.807) is 12.4 Å². The van der Waals surface area contributed by atoms with E-state index in [9.17, 15) is 0 Å². The van der Waals surface area contributed by atoms with Crippen LogP contribution in [0.3, 0.4) is 0 Å². The Morgan fingerprint density at radius 3 is 2.88 bits per heavy atom. The van der Waals surface area contributed by atoms with Gasteiger partial charge in [0.15, 0.2) is 5.82 Å². The summed E-state index contributed by atoms with van der Waals surface area (Å²) < 4.78 is 5.22. The van der Waals surface area contributed by atoms with E-state index in [0.717, 1.165) is 15.2 Å². The average molecular weight is 299 g/mol. The van der Waals surface area contributed by atoms with Crippen LogP contribution in [0.4, 0.5) is 5.13 Å². The summed E-state index contributed by atoms with van der Waals surface area (Å²) in [5.41, 5.74) is 0.919. The molecule has 2 rings (SSSR count). The van der Waals surface area contributed by atoms with Gasteiger partial charge in [0.25, 0.3) is 0 Å². The zero-order valence-corrected chi connectivity index (χ0v) is 11.3. The number of nitrogens with one attached hydrogen (secondary N) is 1. The van der Waals surface area contributed by atoms with Gasteiger partial charge in [0.1, 0.15) is 0 Å². The lowest BCUT2D eigenvalue weighted by atomic mass is 10.3. The molecule has 0 radical (unpaired) electrons. The van der Waals surface area contributed by atoms with Gasteiger partial charge in [-0.2, -0.15) is 9.36 Å². The summed E-state index contributed by atoms with van der Waals surface area (Å²) in [4.78, 5) is 8.49. The first kappa shape index (κ1) is 11.5. The molecule has 0 aromatic carbocycles. The van der Waals surface area contributed by atoms with Crippen LogP contribution in [0, 0.1) is 0 Å². The van der Waals surface area contributed by atoms with Crippen molar-refractivity contribution in [2.24, 2.45) is 0 Å². The average Bonchev–Trinajstić information content (AvgIpc) is 2.65. The molecule has 0 bridgehead atoms. The number of halogens is 1. The van der Waals surface area contributed by atoms with Crippen molar-refractivity contribution in [2.75, 3.05) is 5.32 Å². The molecule has 16 heavy (non-hydrogen) atoms. The zero-order chi connectivity index (χ0) is 11.5. The minimum atomic E-state index is 0.362. The van der Waals surface area contributed by atoms with E-state index in [1.165, 1.54) is 11.5 Å². The summed E-state index contributed by atoms with van der Waals surface area (Å²) in [7, 11) is 0. The highest BCUT2D eigenvalue weighted by Gasteiger charge is 2.07. The van der Waals surface area contributed by atoms with Crippen LogP contribution in [-0.4, -0.2) is 20.4 Å². The van der Waals surface area contributed by atoms with Gasteiger partial charge >= 0.3 is 0 Å². The van der Waals surface area contributed by atoms with Crippen LogP contribution in [0.15, 0.2) is 22.9 Å². The summed E-state index contributed by atoms with van der Waals surface area (Å²) in [6, 6.07) is 2.32. The second-order valence-electron chi connectivity index (χ2n) is 3.61. The van der Waals surface area contributed by atoms with E-state index in [2.05, 4.69) is 49.4 Å². The number of hydrogen-bond acceptors (Lipinski definition) is 5. The second-order valence-corrected chi connectivity index (χ2v) is 5.28. The van der Waals surface area contributed by atoms with E-state index in [1.807, 2.05) is 6.07 Å².